The topological polar surface area (TPSA) is 28.6 Å². The molecule has 0 N–H and O–H groups in total. The number of aromatic nitrogens is 1. The number of rotatable bonds is 4. The van der Waals surface area contributed by atoms with E-state index in [4.69, 9.17) is 4.74 Å². The molecule has 0 bridgehead atoms. The first-order chi connectivity index (χ1) is 9.72. The van der Waals surface area contributed by atoms with Crippen molar-refractivity contribution in [3.63, 3.8) is 0 Å². The van der Waals surface area contributed by atoms with Crippen molar-refractivity contribution in [2.75, 3.05) is 40.3 Å². The molecule has 0 saturated carbocycles. The van der Waals surface area contributed by atoms with Crippen molar-refractivity contribution in [1.82, 2.24) is 14.8 Å². The maximum atomic E-state index is 6.03. The molecule has 1 aromatic heterocycles. The first-order valence-corrected chi connectivity index (χ1v) is 7.61. The number of hydrogen-bond donors (Lipinski definition) is 0. The molecular formula is C16H25N3O. The lowest BCUT2D eigenvalue weighted by molar-refractivity contribution is 0.0625. The van der Waals surface area contributed by atoms with Crippen LogP contribution in [0.2, 0.25) is 0 Å². The predicted molar refractivity (Wildman–Crippen MR) is 79.4 cm³/mol. The Morgan fingerprint density at radius 2 is 2.30 bits per heavy atom. The monoisotopic (exact) mass is 275 g/mol. The van der Waals surface area contributed by atoms with E-state index in [2.05, 4.69) is 41.0 Å². The second kappa shape index (κ2) is 6.20. The molecule has 4 nitrogen and oxygen atoms in total. The van der Waals surface area contributed by atoms with Crippen molar-refractivity contribution in [1.29, 1.82) is 0 Å². The van der Waals surface area contributed by atoms with Gasteiger partial charge in [0.1, 0.15) is 0 Å². The zero-order valence-corrected chi connectivity index (χ0v) is 12.5. The highest BCUT2D eigenvalue weighted by atomic mass is 16.5. The molecule has 2 aliphatic heterocycles. The Morgan fingerprint density at radius 1 is 1.40 bits per heavy atom. The predicted octanol–water partition coefficient (Wildman–Crippen LogP) is 1.48. The minimum Gasteiger partial charge on any atom is -0.376 e. The van der Waals surface area contributed by atoms with Crippen molar-refractivity contribution in [3.05, 3.63) is 30.1 Å². The molecule has 0 unspecified atom stereocenters. The van der Waals surface area contributed by atoms with Gasteiger partial charge in [-0.25, -0.2) is 0 Å². The molecule has 3 rings (SSSR count). The van der Waals surface area contributed by atoms with Crippen LogP contribution >= 0.6 is 0 Å². The van der Waals surface area contributed by atoms with Crippen LogP contribution in [0.5, 0.6) is 0 Å². The second-order valence-corrected chi connectivity index (χ2v) is 6.40. The van der Waals surface area contributed by atoms with Crippen molar-refractivity contribution in [3.8, 4) is 0 Å². The Bertz CT molecular complexity index is 423. The number of piperidine rings is 1. The standard InChI is InChI=1S/C16H25N3O/c1-18(2)11-16-15-6-8-19(9-13(15)12-20-16)10-14-5-3-4-7-17-14/h3-5,7,13,15-16H,6,8-12H2,1-2H3/t13-,15-,16+/m1/s1. The fourth-order valence-corrected chi connectivity index (χ4v) is 3.57. The summed E-state index contributed by atoms with van der Waals surface area (Å²) in [5.74, 6) is 1.45. The molecule has 110 valence electrons. The fourth-order valence-electron chi connectivity index (χ4n) is 3.57. The van der Waals surface area contributed by atoms with E-state index in [1.807, 2.05) is 12.3 Å². The first kappa shape index (κ1) is 14.0. The summed E-state index contributed by atoms with van der Waals surface area (Å²) < 4.78 is 6.03. The zero-order chi connectivity index (χ0) is 13.9. The van der Waals surface area contributed by atoms with Crippen LogP contribution in [0.25, 0.3) is 0 Å². The fraction of sp³-hybridized carbons (Fsp3) is 0.688. The molecule has 4 heteroatoms. The minimum absolute atomic E-state index is 0.437. The molecule has 2 fully saturated rings. The van der Waals surface area contributed by atoms with E-state index in [-0.39, 0.29) is 0 Å². The van der Waals surface area contributed by atoms with Crippen LogP contribution in [0, 0.1) is 11.8 Å². The van der Waals surface area contributed by atoms with Gasteiger partial charge in [-0.15, -0.1) is 0 Å². The lowest BCUT2D eigenvalue weighted by Gasteiger charge is -2.35. The normalized spacial score (nSPS) is 30.6. The Morgan fingerprint density at radius 3 is 3.05 bits per heavy atom. The SMILES string of the molecule is CN(C)C[C@@H]1OC[C@H]2CN(Cc3ccccn3)CC[C@H]21. The van der Waals surface area contributed by atoms with E-state index in [0.717, 1.165) is 32.2 Å². The molecule has 20 heavy (non-hydrogen) atoms. The highest BCUT2D eigenvalue weighted by Crippen LogP contribution is 2.34. The van der Waals surface area contributed by atoms with Crippen LogP contribution < -0.4 is 0 Å². The van der Waals surface area contributed by atoms with E-state index in [0.29, 0.717) is 12.0 Å². The van der Waals surface area contributed by atoms with Gasteiger partial charge in [0.15, 0.2) is 0 Å². The maximum Gasteiger partial charge on any atom is 0.0734 e. The summed E-state index contributed by atoms with van der Waals surface area (Å²) in [6.07, 6.45) is 3.58. The van der Waals surface area contributed by atoms with Crippen molar-refractivity contribution in [2.45, 2.75) is 19.1 Å². The first-order valence-electron chi connectivity index (χ1n) is 7.61. The van der Waals surface area contributed by atoms with E-state index >= 15 is 0 Å². The summed E-state index contributed by atoms with van der Waals surface area (Å²) in [5, 5.41) is 0. The molecule has 0 spiro atoms. The third-order valence-electron chi connectivity index (χ3n) is 4.54. The van der Waals surface area contributed by atoms with Gasteiger partial charge in [0.2, 0.25) is 0 Å². The van der Waals surface area contributed by atoms with E-state index in [1.54, 1.807) is 0 Å². The van der Waals surface area contributed by atoms with Crippen LogP contribution in [0.3, 0.4) is 0 Å². The molecule has 3 heterocycles. The van der Waals surface area contributed by atoms with E-state index < -0.39 is 0 Å². The summed E-state index contributed by atoms with van der Waals surface area (Å²) in [7, 11) is 4.26. The Hall–Kier alpha value is -0.970. The molecule has 0 aromatic carbocycles. The van der Waals surface area contributed by atoms with Gasteiger partial charge in [-0.3, -0.25) is 9.88 Å². The van der Waals surface area contributed by atoms with Crippen molar-refractivity contribution in [2.24, 2.45) is 11.8 Å². The number of likely N-dealkylation sites (N-methyl/N-ethyl adjacent to an activating group) is 1. The number of fused-ring (bicyclic) bond motifs is 1. The van der Waals surface area contributed by atoms with Gasteiger partial charge in [-0.2, -0.15) is 0 Å². The summed E-state index contributed by atoms with van der Waals surface area (Å²) in [6, 6.07) is 6.17. The van der Waals surface area contributed by atoms with Gasteiger partial charge < -0.3 is 9.64 Å². The highest BCUT2D eigenvalue weighted by Gasteiger charge is 2.40. The number of hydrogen-bond acceptors (Lipinski definition) is 4. The number of pyridine rings is 1. The van der Waals surface area contributed by atoms with Crippen LogP contribution in [-0.4, -0.2) is 61.2 Å². The van der Waals surface area contributed by atoms with Crippen LogP contribution in [0.15, 0.2) is 24.4 Å². The molecule has 2 aliphatic rings. The van der Waals surface area contributed by atoms with Gasteiger partial charge in [0.25, 0.3) is 0 Å². The summed E-state index contributed by atoms with van der Waals surface area (Å²) in [5.41, 5.74) is 1.18. The molecule has 3 atom stereocenters. The highest BCUT2D eigenvalue weighted by molar-refractivity contribution is 5.04. The number of nitrogens with zero attached hydrogens (tertiary/aromatic N) is 3. The van der Waals surface area contributed by atoms with Crippen LogP contribution in [0.1, 0.15) is 12.1 Å². The third-order valence-corrected chi connectivity index (χ3v) is 4.54. The quantitative estimate of drug-likeness (QED) is 0.832. The summed E-state index contributed by atoms with van der Waals surface area (Å²) >= 11 is 0. The van der Waals surface area contributed by atoms with E-state index in [1.165, 1.54) is 18.7 Å². The average molecular weight is 275 g/mol. The number of ether oxygens (including phenoxy) is 1. The smallest absolute Gasteiger partial charge is 0.0734 e. The Labute approximate surface area is 121 Å². The molecule has 0 aliphatic carbocycles. The third kappa shape index (κ3) is 3.19. The van der Waals surface area contributed by atoms with Crippen LogP contribution in [0.4, 0.5) is 0 Å². The summed E-state index contributed by atoms with van der Waals surface area (Å²) in [4.78, 5) is 9.21. The van der Waals surface area contributed by atoms with Crippen molar-refractivity contribution < 1.29 is 4.74 Å². The van der Waals surface area contributed by atoms with E-state index in [9.17, 15) is 0 Å². The summed E-state index contributed by atoms with van der Waals surface area (Å²) in [6.45, 7) is 5.29. The van der Waals surface area contributed by atoms with Gasteiger partial charge in [-0.05, 0) is 45.1 Å². The molecule has 0 radical (unpaired) electrons. The van der Waals surface area contributed by atoms with Gasteiger partial charge in [0, 0.05) is 31.7 Å². The molecule has 2 saturated heterocycles. The maximum absolute atomic E-state index is 6.03. The Kier molecular flexibility index (Phi) is 4.34. The Balaban J connectivity index is 1.55. The largest absolute Gasteiger partial charge is 0.376 e. The van der Waals surface area contributed by atoms with Gasteiger partial charge >= 0.3 is 0 Å². The minimum atomic E-state index is 0.437. The van der Waals surface area contributed by atoms with Crippen LogP contribution in [-0.2, 0) is 11.3 Å². The lowest BCUT2D eigenvalue weighted by atomic mass is 9.84. The second-order valence-electron chi connectivity index (χ2n) is 6.40. The zero-order valence-electron chi connectivity index (χ0n) is 12.5. The number of likely N-dealkylation sites (tertiary alicyclic amines) is 1. The molecule has 1 aromatic rings. The lowest BCUT2D eigenvalue weighted by Crippen LogP contribution is -2.42. The van der Waals surface area contributed by atoms with Gasteiger partial charge in [0.05, 0.1) is 18.4 Å². The average Bonchev–Trinajstić information content (AvgIpc) is 2.82. The van der Waals surface area contributed by atoms with Gasteiger partial charge in [-0.1, -0.05) is 6.07 Å². The van der Waals surface area contributed by atoms with Crippen molar-refractivity contribution >= 4 is 0 Å². The molecule has 0 amide bonds. The molecular weight excluding hydrogens is 250 g/mol.